The Morgan fingerprint density at radius 2 is 2.06 bits per heavy atom. The van der Waals surface area contributed by atoms with Crippen molar-refractivity contribution >= 4 is 45.5 Å². The third-order valence-electron chi connectivity index (χ3n) is 5.64. The maximum atomic E-state index is 14.3. The number of carbonyl (C=O) groups is 1. The first-order chi connectivity index (χ1) is 15.0. The third kappa shape index (κ3) is 4.41. The Kier molecular flexibility index (Phi) is 6.08. The zero-order valence-corrected chi connectivity index (χ0v) is 20.3. The quantitative estimate of drug-likeness (QED) is 0.369. The molecule has 0 saturated carbocycles. The molecule has 1 aliphatic rings. The van der Waals surface area contributed by atoms with E-state index in [-0.39, 0.29) is 17.4 Å². The fourth-order valence-corrected chi connectivity index (χ4v) is 4.61. The van der Waals surface area contributed by atoms with Crippen LogP contribution < -0.4 is 11.1 Å². The van der Waals surface area contributed by atoms with Crippen LogP contribution >= 0.6 is 22.6 Å². The molecule has 1 aliphatic carbocycles. The number of nitrogens with one attached hydrogen (secondary N) is 1. The van der Waals surface area contributed by atoms with Crippen molar-refractivity contribution in [2.24, 2.45) is 5.41 Å². The van der Waals surface area contributed by atoms with Gasteiger partial charge in [-0.25, -0.2) is 9.37 Å². The van der Waals surface area contributed by atoms with E-state index in [2.05, 4.69) is 42.9 Å². The van der Waals surface area contributed by atoms with Crippen LogP contribution in [0.3, 0.4) is 0 Å². The first-order valence-corrected chi connectivity index (χ1v) is 11.5. The molecule has 170 valence electrons. The molecular weight excluding hydrogens is 529 g/mol. The van der Waals surface area contributed by atoms with Gasteiger partial charge in [-0.1, -0.05) is 26.8 Å². The van der Waals surface area contributed by atoms with Crippen LogP contribution in [0, 0.1) is 15.1 Å². The number of alkyl halides is 1. The summed E-state index contributed by atoms with van der Waals surface area (Å²) >= 11 is 2.25. The van der Waals surface area contributed by atoms with E-state index < -0.39 is 17.7 Å². The molecule has 32 heavy (non-hydrogen) atoms. The van der Waals surface area contributed by atoms with Crippen molar-refractivity contribution in [1.82, 2.24) is 24.8 Å². The monoisotopic (exact) mass is 554 g/mol. The Hall–Kier alpha value is -2.37. The number of anilines is 1. The lowest BCUT2D eigenvalue weighted by Crippen LogP contribution is -2.36. The number of amides is 1. The van der Waals surface area contributed by atoms with Crippen molar-refractivity contribution in [2.75, 3.05) is 12.3 Å². The summed E-state index contributed by atoms with van der Waals surface area (Å²) in [6, 6.07) is 3.92. The molecule has 1 atom stereocenters. The molecule has 4 rings (SSSR count). The smallest absolute Gasteiger partial charge is 0.312 e. The molecule has 3 N–H and O–H groups in total. The second-order valence-corrected chi connectivity index (χ2v) is 10.2. The summed E-state index contributed by atoms with van der Waals surface area (Å²) in [6.45, 7) is 6.14. The highest BCUT2D eigenvalue weighted by molar-refractivity contribution is 14.1. The van der Waals surface area contributed by atoms with Crippen LogP contribution in [0.25, 0.3) is 11.2 Å². The van der Waals surface area contributed by atoms with Crippen molar-refractivity contribution in [3.8, 4) is 0 Å². The van der Waals surface area contributed by atoms with Crippen LogP contribution in [0.2, 0.25) is 0 Å². The lowest BCUT2D eigenvalue weighted by Gasteiger charge is -2.18. The molecule has 1 aromatic carbocycles. The highest BCUT2D eigenvalue weighted by Crippen LogP contribution is 2.36. The summed E-state index contributed by atoms with van der Waals surface area (Å²) in [5.74, 6) is 0.465. The number of nitrogen functional groups attached to an aromatic ring is 1. The maximum absolute atomic E-state index is 14.3. The summed E-state index contributed by atoms with van der Waals surface area (Å²) < 4.78 is 31.0. The van der Waals surface area contributed by atoms with Gasteiger partial charge >= 0.3 is 6.08 Å². The fourth-order valence-electron chi connectivity index (χ4n) is 3.89. The normalized spacial score (nSPS) is 15.9. The minimum absolute atomic E-state index is 0.0429. The molecular formula is C22H25F2IN6O. The van der Waals surface area contributed by atoms with Crippen molar-refractivity contribution in [2.45, 2.75) is 52.8 Å². The number of imidazole rings is 1. The second kappa shape index (κ2) is 8.53. The van der Waals surface area contributed by atoms with Gasteiger partial charge in [0.15, 0.2) is 17.0 Å². The Morgan fingerprint density at radius 1 is 1.31 bits per heavy atom. The van der Waals surface area contributed by atoms with Gasteiger partial charge in [0.1, 0.15) is 12.0 Å². The van der Waals surface area contributed by atoms with E-state index in [9.17, 15) is 13.6 Å². The Balaban J connectivity index is 1.70. The maximum Gasteiger partial charge on any atom is 0.312 e. The number of hydrogen-bond acceptors (Lipinski definition) is 5. The van der Waals surface area contributed by atoms with Crippen molar-refractivity contribution in [1.29, 1.82) is 0 Å². The first-order valence-electron chi connectivity index (χ1n) is 10.5. The van der Waals surface area contributed by atoms with Gasteiger partial charge in [0.05, 0.1) is 0 Å². The Labute approximate surface area is 198 Å². The zero-order valence-electron chi connectivity index (χ0n) is 18.2. The molecule has 0 aliphatic heterocycles. The van der Waals surface area contributed by atoms with E-state index in [0.29, 0.717) is 37.3 Å². The van der Waals surface area contributed by atoms with Gasteiger partial charge in [0.25, 0.3) is 0 Å². The number of fused-ring (bicyclic) bond motifs is 2. The summed E-state index contributed by atoms with van der Waals surface area (Å²) in [6.07, 6.45) is -0.254. The molecule has 1 unspecified atom stereocenters. The molecule has 0 radical (unpaired) electrons. The molecule has 7 nitrogen and oxygen atoms in total. The number of rotatable bonds is 5. The predicted octanol–water partition coefficient (Wildman–Crippen LogP) is 3.86. The first kappa shape index (κ1) is 22.8. The summed E-state index contributed by atoms with van der Waals surface area (Å²) in [5.41, 5.74) is 8.65. The van der Waals surface area contributed by atoms with Gasteiger partial charge in [0.2, 0.25) is 5.91 Å². The molecule has 3 aromatic rings. The lowest BCUT2D eigenvalue weighted by atomic mass is 9.96. The van der Waals surface area contributed by atoms with Crippen molar-refractivity contribution in [3.05, 3.63) is 44.3 Å². The highest BCUT2D eigenvalue weighted by atomic mass is 127. The summed E-state index contributed by atoms with van der Waals surface area (Å²) in [5, 5.41) is 2.89. The molecule has 0 spiro atoms. The molecule has 2 heterocycles. The average molecular weight is 554 g/mol. The van der Waals surface area contributed by atoms with Crippen molar-refractivity contribution < 1.29 is 13.6 Å². The van der Waals surface area contributed by atoms with Gasteiger partial charge < -0.3 is 15.6 Å². The van der Waals surface area contributed by atoms with Gasteiger partial charge in [-0.2, -0.15) is 14.4 Å². The van der Waals surface area contributed by atoms with E-state index >= 15 is 0 Å². The number of benzene rings is 1. The van der Waals surface area contributed by atoms with E-state index in [1.54, 1.807) is 4.57 Å². The highest BCUT2D eigenvalue weighted by Gasteiger charge is 2.25. The van der Waals surface area contributed by atoms with Crippen LogP contribution in [-0.4, -0.2) is 32.0 Å². The standard InChI is InChI=1S/C22H25F2IN6O/c1-22(2,3)20(32)27-6-7-31-16(28-17-18(26)29-21(24)30-19(17)31)10-12-8-13-11(9-15(12)25)4-5-14(13)23/h8-9,14H,4-7,10H2,1-3H3,(H,27,32)(H2,26,29,30). The molecule has 0 fully saturated rings. The van der Waals surface area contributed by atoms with Gasteiger partial charge in [-0.15, -0.1) is 0 Å². The predicted molar refractivity (Wildman–Crippen MR) is 126 cm³/mol. The molecule has 1 amide bonds. The minimum Gasteiger partial charge on any atom is -0.382 e. The van der Waals surface area contributed by atoms with Gasteiger partial charge in [0, 0.05) is 28.5 Å². The molecule has 0 saturated heterocycles. The molecule has 0 bridgehead atoms. The summed E-state index contributed by atoms with van der Waals surface area (Å²) in [7, 11) is 0. The fraction of sp³-hybridized carbons (Fsp3) is 0.455. The molecule has 2 aromatic heterocycles. The van der Waals surface area contributed by atoms with Crippen LogP contribution in [-0.2, 0) is 24.2 Å². The van der Waals surface area contributed by atoms with Crippen LogP contribution in [0.4, 0.5) is 14.6 Å². The Bertz CT molecular complexity index is 1200. The van der Waals surface area contributed by atoms with Crippen LogP contribution in [0.15, 0.2) is 12.1 Å². The van der Waals surface area contributed by atoms with Crippen LogP contribution in [0.5, 0.6) is 0 Å². The second-order valence-electron chi connectivity index (χ2n) is 9.06. The minimum atomic E-state index is -0.956. The number of hydrogen-bond donors (Lipinski definition) is 2. The van der Waals surface area contributed by atoms with E-state index in [1.165, 1.54) is 0 Å². The number of aromatic nitrogens is 4. The van der Waals surface area contributed by atoms with Crippen molar-refractivity contribution in [3.63, 3.8) is 0 Å². The van der Waals surface area contributed by atoms with Gasteiger partial charge in [-0.3, -0.25) is 4.79 Å². The largest absolute Gasteiger partial charge is 0.382 e. The van der Waals surface area contributed by atoms with E-state index in [4.69, 9.17) is 5.73 Å². The molecule has 10 heteroatoms. The summed E-state index contributed by atoms with van der Waals surface area (Å²) in [4.78, 5) is 24.3. The van der Waals surface area contributed by atoms with Crippen LogP contribution in [0.1, 0.15) is 55.9 Å². The number of aryl methyl sites for hydroxylation is 1. The number of halogens is 3. The topological polar surface area (TPSA) is 98.7 Å². The number of nitrogens with two attached hydrogens (primary N) is 1. The number of carbonyl (C=O) groups excluding carboxylic acids is 1. The lowest BCUT2D eigenvalue weighted by molar-refractivity contribution is -0.128. The number of nitrogens with zero attached hydrogens (tertiary/aromatic N) is 4. The third-order valence-corrected chi connectivity index (χ3v) is 6.64. The van der Waals surface area contributed by atoms with Gasteiger partial charge in [-0.05, 0) is 58.2 Å². The average Bonchev–Trinajstić information content (AvgIpc) is 3.22. The van der Waals surface area contributed by atoms with E-state index in [0.717, 1.165) is 26.7 Å². The SMILES string of the molecule is CC(C)(C)C(=O)NCCn1c(Cc2cc3c(cc2I)CCC3F)nc2c(N)nc(F)nc21. The zero-order chi connectivity index (χ0) is 23.2. The Morgan fingerprint density at radius 3 is 2.78 bits per heavy atom. The van der Waals surface area contributed by atoms with E-state index in [1.807, 2.05) is 32.9 Å².